The molecule has 1 atom stereocenters. The number of carbonyl (C=O) groups excluding carboxylic acids is 1. The summed E-state index contributed by atoms with van der Waals surface area (Å²) in [6.07, 6.45) is -0.157. The molecule has 146 valence electrons. The molecule has 0 amide bonds. The lowest BCUT2D eigenvalue weighted by atomic mass is 10.1. The maximum atomic E-state index is 11.5. The molecule has 0 spiro atoms. The Labute approximate surface area is 161 Å². The summed E-state index contributed by atoms with van der Waals surface area (Å²) in [6.45, 7) is 6.51. The van der Waals surface area contributed by atoms with Crippen LogP contribution in [0, 0.1) is 6.92 Å². The van der Waals surface area contributed by atoms with Crippen molar-refractivity contribution < 1.29 is 19.0 Å². The number of para-hydroxylation sites is 1. The van der Waals surface area contributed by atoms with Gasteiger partial charge in [-0.1, -0.05) is 48.5 Å². The van der Waals surface area contributed by atoms with Crippen molar-refractivity contribution in [1.82, 2.24) is 4.90 Å². The zero-order valence-corrected chi connectivity index (χ0v) is 16.6. The Bertz CT molecular complexity index is 702. The maximum absolute atomic E-state index is 11.5. The molecule has 2 aromatic rings. The van der Waals surface area contributed by atoms with Gasteiger partial charge < -0.3 is 14.2 Å². The van der Waals surface area contributed by atoms with Gasteiger partial charge >= 0.3 is 6.16 Å². The number of carbonyl (C=O) groups is 1. The van der Waals surface area contributed by atoms with Crippen LogP contribution in [0.25, 0.3) is 0 Å². The normalized spacial score (nSPS) is 12.1. The Balaban J connectivity index is 1.94. The molecule has 0 N–H and O–H groups in total. The molecule has 0 heterocycles. The van der Waals surface area contributed by atoms with Crippen molar-refractivity contribution in [3.05, 3.63) is 65.7 Å². The topological polar surface area (TPSA) is 48.0 Å². The van der Waals surface area contributed by atoms with Gasteiger partial charge in [-0.25, -0.2) is 4.79 Å². The molecule has 0 aliphatic rings. The van der Waals surface area contributed by atoms with Crippen LogP contribution in [-0.2, 0) is 9.47 Å². The van der Waals surface area contributed by atoms with Crippen molar-refractivity contribution >= 4 is 6.16 Å². The molecule has 27 heavy (non-hydrogen) atoms. The van der Waals surface area contributed by atoms with Crippen LogP contribution >= 0.6 is 0 Å². The number of nitrogens with zero attached hydrogens (tertiary/aromatic N) is 1. The Kier molecular flexibility index (Phi) is 8.14. The van der Waals surface area contributed by atoms with E-state index in [2.05, 4.69) is 12.1 Å². The van der Waals surface area contributed by atoms with Crippen LogP contribution in [0.3, 0.4) is 0 Å². The predicted octanol–water partition coefficient (Wildman–Crippen LogP) is 4.96. The van der Waals surface area contributed by atoms with Crippen LogP contribution in [0.5, 0.6) is 5.75 Å². The highest BCUT2D eigenvalue weighted by molar-refractivity contribution is 5.59. The van der Waals surface area contributed by atoms with Gasteiger partial charge in [-0.05, 0) is 45.0 Å². The summed E-state index contributed by atoms with van der Waals surface area (Å²) >= 11 is 0. The van der Waals surface area contributed by atoms with Gasteiger partial charge in [0.15, 0.2) is 0 Å². The first kappa shape index (κ1) is 20.8. The maximum Gasteiger partial charge on any atom is 0.509 e. The number of hydrogen-bond acceptors (Lipinski definition) is 5. The SMILES string of the molecule is Cc1ccccc1O[C@H](CCN(C)COC(=O)OC(C)C)c1ccccc1. The zero-order valence-electron chi connectivity index (χ0n) is 16.6. The highest BCUT2D eigenvalue weighted by Gasteiger charge is 2.16. The van der Waals surface area contributed by atoms with E-state index in [1.807, 2.05) is 61.3 Å². The van der Waals surface area contributed by atoms with Crippen LogP contribution in [0.4, 0.5) is 4.79 Å². The number of hydrogen-bond donors (Lipinski definition) is 0. The fraction of sp³-hybridized carbons (Fsp3) is 0.409. The minimum Gasteiger partial charge on any atom is -0.485 e. The van der Waals surface area contributed by atoms with E-state index < -0.39 is 6.16 Å². The van der Waals surface area contributed by atoms with Crippen molar-refractivity contribution in [2.45, 2.75) is 39.4 Å². The molecule has 5 heteroatoms. The molecule has 0 bridgehead atoms. The third-order valence-electron chi connectivity index (χ3n) is 4.04. The molecule has 0 saturated carbocycles. The lowest BCUT2D eigenvalue weighted by Crippen LogP contribution is -2.27. The second-order valence-corrected chi connectivity index (χ2v) is 6.84. The second kappa shape index (κ2) is 10.6. The van der Waals surface area contributed by atoms with Gasteiger partial charge in [0.25, 0.3) is 0 Å². The number of ether oxygens (including phenoxy) is 3. The first-order chi connectivity index (χ1) is 13.0. The number of benzene rings is 2. The van der Waals surface area contributed by atoms with Crippen molar-refractivity contribution in [2.75, 3.05) is 20.3 Å². The van der Waals surface area contributed by atoms with Crippen LogP contribution in [0.15, 0.2) is 54.6 Å². The fourth-order valence-corrected chi connectivity index (χ4v) is 2.59. The Morgan fingerprint density at radius 2 is 1.70 bits per heavy atom. The van der Waals surface area contributed by atoms with E-state index in [9.17, 15) is 4.79 Å². The van der Waals surface area contributed by atoms with Gasteiger partial charge in [-0.3, -0.25) is 4.90 Å². The number of aryl methyl sites for hydroxylation is 1. The molecule has 0 aliphatic carbocycles. The third kappa shape index (κ3) is 7.31. The lowest BCUT2D eigenvalue weighted by molar-refractivity contribution is 0.00315. The summed E-state index contributed by atoms with van der Waals surface area (Å²) in [5.74, 6) is 0.880. The fourth-order valence-electron chi connectivity index (χ4n) is 2.59. The first-order valence-electron chi connectivity index (χ1n) is 9.25. The summed E-state index contributed by atoms with van der Waals surface area (Å²) in [7, 11) is 1.90. The van der Waals surface area contributed by atoms with E-state index in [-0.39, 0.29) is 18.9 Å². The monoisotopic (exact) mass is 371 g/mol. The van der Waals surface area contributed by atoms with Crippen molar-refractivity contribution in [3.63, 3.8) is 0 Å². The van der Waals surface area contributed by atoms with Gasteiger partial charge in [-0.2, -0.15) is 0 Å². The Morgan fingerprint density at radius 1 is 1.04 bits per heavy atom. The van der Waals surface area contributed by atoms with Crippen molar-refractivity contribution in [3.8, 4) is 5.75 Å². The largest absolute Gasteiger partial charge is 0.509 e. The molecule has 0 aliphatic heterocycles. The highest BCUT2D eigenvalue weighted by Crippen LogP contribution is 2.27. The van der Waals surface area contributed by atoms with E-state index >= 15 is 0 Å². The second-order valence-electron chi connectivity index (χ2n) is 6.84. The summed E-state index contributed by atoms with van der Waals surface area (Å²) in [6, 6.07) is 18.2. The molecule has 2 aromatic carbocycles. The van der Waals surface area contributed by atoms with Gasteiger partial charge in [-0.15, -0.1) is 0 Å². The van der Waals surface area contributed by atoms with Gasteiger partial charge in [0, 0.05) is 13.0 Å². The average molecular weight is 371 g/mol. The lowest BCUT2D eigenvalue weighted by Gasteiger charge is -2.24. The van der Waals surface area contributed by atoms with Crippen molar-refractivity contribution in [2.24, 2.45) is 0 Å². The summed E-state index contributed by atoms with van der Waals surface area (Å²) in [5.41, 5.74) is 2.22. The quantitative estimate of drug-likeness (QED) is 0.461. The molecule has 5 nitrogen and oxygen atoms in total. The van der Waals surface area contributed by atoms with E-state index in [4.69, 9.17) is 14.2 Å². The Hall–Kier alpha value is -2.53. The van der Waals surface area contributed by atoms with E-state index in [1.54, 1.807) is 13.8 Å². The molecule has 0 aromatic heterocycles. The molecule has 0 unspecified atom stereocenters. The molecule has 2 rings (SSSR count). The van der Waals surface area contributed by atoms with Gasteiger partial charge in [0.2, 0.25) is 0 Å². The van der Waals surface area contributed by atoms with Crippen molar-refractivity contribution in [1.29, 1.82) is 0 Å². The van der Waals surface area contributed by atoms with E-state index in [0.717, 1.165) is 23.3 Å². The molecule has 0 radical (unpaired) electrons. The van der Waals surface area contributed by atoms with Crippen LogP contribution in [0.1, 0.15) is 37.5 Å². The summed E-state index contributed by atoms with van der Waals surface area (Å²) < 4.78 is 16.4. The summed E-state index contributed by atoms with van der Waals surface area (Å²) in [5, 5.41) is 0. The van der Waals surface area contributed by atoms with E-state index in [0.29, 0.717) is 6.54 Å². The molecule has 0 fully saturated rings. The molecule has 0 saturated heterocycles. The minimum atomic E-state index is -0.646. The minimum absolute atomic E-state index is 0.0858. The van der Waals surface area contributed by atoms with Gasteiger partial charge in [0.05, 0.1) is 6.10 Å². The smallest absolute Gasteiger partial charge is 0.485 e. The third-order valence-corrected chi connectivity index (χ3v) is 4.04. The highest BCUT2D eigenvalue weighted by atomic mass is 16.7. The average Bonchev–Trinajstić information content (AvgIpc) is 2.65. The summed E-state index contributed by atoms with van der Waals surface area (Å²) in [4.78, 5) is 13.4. The zero-order chi connectivity index (χ0) is 19.6. The first-order valence-corrected chi connectivity index (χ1v) is 9.25. The van der Waals surface area contributed by atoms with Crippen LogP contribution in [-0.4, -0.2) is 37.5 Å². The molecular formula is C22H29NO4. The van der Waals surface area contributed by atoms with Gasteiger partial charge in [0.1, 0.15) is 18.6 Å². The molecular weight excluding hydrogens is 342 g/mol. The Morgan fingerprint density at radius 3 is 2.37 bits per heavy atom. The van der Waals surface area contributed by atoms with Crippen LogP contribution < -0.4 is 4.74 Å². The standard InChI is InChI=1S/C22H29NO4/c1-17(2)26-22(24)25-16-23(4)15-14-21(19-11-6-5-7-12-19)27-20-13-9-8-10-18(20)3/h5-13,17,21H,14-16H2,1-4H3/t21-/m1/s1. The van der Waals surface area contributed by atoms with E-state index in [1.165, 1.54) is 0 Å². The number of rotatable bonds is 9. The predicted molar refractivity (Wildman–Crippen MR) is 106 cm³/mol. The van der Waals surface area contributed by atoms with Crippen LogP contribution in [0.2, 0.25) is 0 Å².